The summed E-state index contributed by atoms with van der Waals surface area (Å²) < 4.78 is 10.3. The van der Waals surface area contributed by atoms with E-state index < -0.39 is 0 Å². The molecule has 4 heterocycles. The van der Waals surface area contributed by atoms with Crippen LogP contribution < -0.4 is 4.57 Å². The van der Waals surface area contributed by atoms with Gasteiger partial charge in [-0.05, 0) is 12.1 Å². The normalized spacial score (nSPS) is 13.1. The molecule has 1 aromatic carbocycles. The highest BCUT2D eigenvalue weighted by molar-refractivity contribution is 5.79. The molecule has 0 bridgehead atoms. The van der Waals surface area contributed by atoms with Crippen LogP contribution in [-0.2, 0) is 6.54 Å². The van der Waals surface area contributed by atoms with E-state index in [1.807, 2.05) is 10.5 Å². The third-order valence-corrected chi connectivity index (χ3v) is 3.82. The lowest BCUT2D eigenvalue weighted by atomic mass is 10.1. The predicted molar refractivity (Wildman–Crippen MR) is 69.7 cm³/mol. The zero-order chi connectivity index (χ0) is 12.4. The molecule has 4 nitrogen and oxygen atoms in total. The second kappa shape index (κ2) is 3.03. The van der Waals surface area contributed by atoms with E-state index in [2.05, 4.69) is 39.9 Å². The number of hydrogen-bond acceptors (Lipinski definition) is 2. The molecule has 4 aromatic rings. The molecule has 0 unspecified atom stereocenters. The molecule has 0 spiro atoms. The Morgan fingerprint density at radius 3 is 3.16 bits per heavy atom. The number of benzene rings is 1. The maximum absolute atomic E-state index is 6.08. The van der Waals surface area contributed by atoms with Crippen LogP contribution in [-0.4, -0.2) is 9.38 Å². The van der Waals surface area contributed by atoms with Crippen molar-refractivity contribution in [2.45, 2.75) is 6.54 Å². The van der Waals surface area contributed by atoms with E-state index in [0.29, 0.717) is 0 Å². The summed E-state index contributed by atoms with van der Waals surface area (Å²) in [6, 6.07) is 12.5. The third kappa shape index (κ3) is 1.04. The Kier molecular flexibility index (Phi) is 1.49. The smallest absolute Gasteiger partial charge is 0.380 e. The average Bonchev–Trinajstić information content (AvgIpc) is 3.07. The molecule has 1 aliphatic heterocycles. The minimum atomic E-state index is 0.868. The Bertz CT molecular complexity index is 949. The minimum absolute atomic E-state index is 0.868. The van der Waals surface area contributed by atoms with Gasteiger partial charge in [0.15, 0.2) is 6.54 Å². The fraction of sp³-hybridized carbons (Fsp3) is 0.0667. The van der Waals surface area contributed by atoms with Gasteiger partial charge in [-0.25, -0.2) is 4.98 Å². The predicted octanol–water partition coefficient (Wildman–Crippen LogP) is 2.40. The van der Waals surface area contributed by atoms with Crippen LogP contribution in [0.4, 0.5) is 0 Å². The standard InChI is InChI=1S/C15H10N3O/c1-2-4-12-10(3-1)8-17-13-7-11-5-6-16-9-18(11)15(13)19-14(12)17/h1-7,9H,8H2/q+1. The quantitative estimate of drug-likeness (QED) is 0.394. The third-order valence-electron chi connectivity index (χ3n) is 3.82. The molecule has 3 aromatic heterocycles. The Hall–Kier alpha value is -2.62. The molecule has 4 heteroatoms. The summed E-state index contributed by atoms with van der Waals surface area (Å²) in [4.78, 5) is 4.16. The van der Waals surface area contributed by atoms with E-state index in [-0.39, 0.29) is 0 Å². The molecule has 0 saturated carbocycles. The number of oxazole rings is 1. The second-order valence-corrected chi connectivity index (χ2v) is 4.86. The summed E-state index contributed by atoms with van der Waals surface area (Å²) in [5, 5.41) is 0. The number of hydrogen-bond donors (Lipinski definition) is 0. The van der Waals surface area contributed by atoms with Crippen molar-refractivity contribution in [3.63, 3.8) is 0 Å². The van der Waals surface area contributed by atoms with Gasteiger partial charge in [-0.1, -0.05) is 18.2 Å². The van der Waals surface area contributed by atoms with Crippen molar-refractivity contribution in [3.8, 4) is 11.5 Å². The van der Waals surface area contributed by atoms with Crippen molar-refractivity contribution in [3.05, 3.63) is 54.5 Å². The van der Waals surface area contributed by atoms with Crippen molar-refractivity contribution >= 4 is 16.7 Å². The minimum Gasteiger partial charge on any atom is -0.380 e. The fourth-order valence-electron chi connectivity index (χ4n) is 2.93. The highest BCUT2D eigenvalue weighted by Crippen LogP contribution is 2.31. The van der Waals surface area contributed by atoms with Crippen molar-refractivity contribution in [1.29, 1.82) is 0 Å². The topological polar surface area (TPSA) is 34.3 Å². The van der Waals surface area contributed by atoms with Gasteiger partial charge in [0.2, 0.25) is 0 Å². The zero-order valence-electron chi connectivity index (χ0n) is 10.1. The number of nitrogens with zero attached hydrogens (tertiary/aromatic N) is 3. The lowest BCUT2D eigenvalue weighted by Gasteiger charge is -1.91. The summed E-state index contributed by atoms with van der Waals surface area (Å²) >= 11 is 0. The second-order valence-electron chi connectivity index (χ2n) is 4.86. The Balaban J connectivity index is 1.93. The van der Waals surface area contributed by atoms with Crippen LogP contribution in [0.5, 0.6) is 0 Å². The van der Waals surface area contributed by atoms with Gasteiger partial charge in [0.05, 0.1) is 11.1 Å². The summed E-state index contributed by atoms with van der Waals surface area (Å²) in [6.45, 7) is 0.878. The van der Waals surface area contributed by atoms with Gasteiger partial charge in [-0.2, -0.15) is 4.57 Å². The molecule has 0 saturated heterocycles. The summed E-state index contributed by atoms with van der Waals surface area (Å²) in [6.07, 6.45) is 3.59. The summed E-state index contributed by atoms with van der Waals surface area (Å²) in [5.74, 6) is 0.943. The largest absolute Gasteiger partial charge is 0.383 e. The zero-order valence-corrected chi connectivity index (χ0v) is 10.1. The van der Waals surface area contributed by atoms with Crippen LogP contribution in [0.2, 0.25) is 0 Å². The van der Waals surface area contributed by atoms with Crippen molar-refractivity contribution < 1.29 is 8.98 Å². The first-order valence-electron chi connectivity index (χ1n) is 6.27. The van der Waals surface area contributed by atoms with E-state index in [1.54, 1.807) is 12.5 Å². The lowest BCUT2D eigenvalue weighted by Crippen LogP contribution is -2.30. The molecule has 5 rings (SSSR count). The summed E-state index contributed by atoms with van der Waals surface area (Å²) in [7, 11) is 0. The molecule has 0 radical (unpaired) electrons. The van der Waals surface area contributed by atoms with E-state index in [4.69, 9.17) is 4.42 Å². The molecule has 0 aliphatic carbocycles. The van der Waals surface area contributed by atoms with E-state index >= 15 is 0 Å². The molecule has 1 aliphatic rings. The Morgan fingerprint density at radius 2 is 2.16 bits per heavy atom. The first-order valence-corrected chi connectivity index (χ1v) is 6.27. The maximum Gasteiger partial charge on any atom is 0.383 e. The van der Waals surface area contributed by atoms with Crippen LogP contribution in [0.1, 0.15) is 5.56 Å². The van der Waals surface area contributed by atoms with Gasteiger partial charge in [0.25, 0.3) is 11.2 Å². The molecular formula is C15H10N3O+. The number of aromatic nitrogens is 3. The van der Waals surface area contributed by atoms with Crippen LogP contribution in [0.25, 0.3) is 28.2 Å². The van der Waals surface area contributed by atoms with Crippen LogP contribution in [0, 0.1) is 0 Å². The maximum atomic E-state index is 6.08. The average molecular weight is 248 g/mol. The van der Waals surface area contributed by atoms with Gasteiger partial charge >= 0.3 is 5.89 Å². The van der Waals surface area contributed by atoms with Gasteiger partial charge in [0.1, 0.15) is 6.33 Å². The Morgan fingerprint density at radius 1 is 1.21 bits per heavy atom. The van der Waals surface area contributed by atoms with Gasteiger partial charge in [0, 0.05) is 17.8 Å². The number of fused-ring (bicyclic) bond motifs is 7. The molecule has 0 amide bonds. The lowest BCUT2D eigenvalue weighted by molar-refractivity contribution is -0.649. The van der Waals surface area contributed by atoms with Crippen LogP contribution in [0.15, 0.2) is 53.3 Å². The number of rotatable bonds is 0. The van der Waals surface area contributed by atoms with Crippen LogP contribution in [0.3, 0.4) is 0 Å². The van der Waals surface area contributed by atoms with Gasteiger partial charge in [-0.15, -0.1) is 0 Å². The first kappa shape index (κ1) is 9.33. The van der Waals surface area contributed by atoms with E-state index in [0.717, 1.165) is 29.2 Å². The molecule has 0 atom stereocenters. The molecule has 0 fully saturated rings. The summed E-state index contributed by atoms with van der Waals surface area (Å²) in [5.41, 5.74) is 5.61. The molecule has 90 valence electrons. The monoisotopic (exact) mass is 248 g/mol. The van der Waals surface area contributed by atoms with E-state index in [1.165, 1.54) is 11.1 Å². The van der Waals surface area contributed by atoms with Crippen molar-refractivity contribution in [1.82, 2.24) is 9.38 Å². The molecular weight excluding hydrogens is 238 g/mol. The van der Waals surface area contributed by atoms with Gasteiger partial charge < -0.3 is 4.42 Å². The first-order chi connectivity index (χ1) is 9.42. The highest BCUT2D eigenvalue weighted by atomic mass is 16.4. The fourth-order valence-corrected chi connectivity index (χ4v) is 2.93. The highest BCUT2D eigenvalue weighted by Gasteiger charge is 2.34. The molecule has 0 N–H and O–H groups in total. The van der Waals surface area contributed by atoms with Crippen molar-refractivity contribution in [2.24, 2.45) is 0 Å². The van der Waals surface area contributed by atoms with E-state index in [9.17, 15) is 0 Å². The van der Waals surface area contributed by atoms with Gasteiger partial charge in [-0.3, -0.25) is 4.40 Å². The Labute approximate surface area is 108 Å². The van der Waals surface area contributed by atoms with Crippen LogP contribution >= 0.6 is 0 Å². The van der Waals surface area contributed by atoms with Crippen molar-refractivity contribution in [2.75, 3.05) is 0 Å². The molecule has 19 heavy (non-hydrogen) atoms. The SMILES string of the molecule is c1ccc2c(c1)C[n+]1c-2oc2c1cc1ccncn12.